The highest BCUT2D eigenvalue weighted by Crippen LogP contribution is 2.45. The van der Waals surface area contributed by atoms with Gasteiger partial charge in [-0.1, -0.05) is 66.7 Å². The van der Waals surface area contributed by atoms with Crippen LogP contribution in [0.25, 0.3) is 33.1 Å². The van der Waals surface area contributed by atoms with E-state index < -0.39 is 0 Å². The van der Waals surface area contributed by atoms with Gasteiger partial charge in [-0.25, -0.2) is 0 Å². The van der Waals surface area contributed by atoms with Gasteiger partial charge in [-0.2, -0.15) is 0 Å². The van der Waals surface area contributed by atoms with Crippen molar-refractivity contribution in [3.8, 4) is 11.3 Å². The van der Waals surface area contributed by atoms with Crippen LogP contribution in [0.4, 0.5) is 0 Å². The highest BCUT2D eigenvalue weighted by molar-refractivity contribution is 5.92. The first-order valence-corrected chi connectivity index (χ1v) is 9.93. The van der Waals surface area contributed by atoms with Gasteiger partial charge in [-0.05, 0) is 47.7 Å². The smallest absolute Gasteiger partial charge is 0.0705 e. The molecular formula is C26H20N2. The third kappa shape index (κ3) is 2.31. The number of nitrogens with one attached hydrogen (secondary N) is 1. The maximum atomic E-state index is 5.12. The van der Waals surface area contributed by atoms with Crippen LogP contribution in [-0.4, -0.2) is 9.97 Å². The van der Waals surface area contributed by atoms with E-state index in [0.29, 0.717) is 5.92 Å². The molecule has 3 aromatic carbocycles. The maximum Gasteiger partial charge on any atom is 0.0705 e. The Hall–Kier alpha value is -3.39. The molecule has 0 spiro atoms. The summed E-state index contributed by atoms with van der Waals surface area (Å²) in [6, 6.07) is 30.1. The van der Waals surface area contributed by atoms with Crippen LogP contribution >= 0.6 is 0 Å². The van der Waals surface area contributed by atoms with Crippen LogP contribution in [0.3, 0.4) is 0 Å². The highest BCUT2D eigenvalue weighted by atomic mass is 14.8. The average molecular weight is 360 g/mol. The molecule has 5 aromatic rings. The van der Waals surface area contributed by atoms with Crippen molar-refractivity contribution in [1.29, 1.82) is 0 Å². The molecule has 134 valence electrons. The average Bonchev–Trinajstić information content (AvgIpc) is 3.33. The van der Waals surface area contributed by atoms with Crippen LogP contribution in [0.1, 0.15) is 29.2 Å². The summed E-state index contributed by atoms with van der Waals surface area (Å²) in [4.78, 5) is 8.82. The van der Waals surface area contributed by atoms with E-state index in [1.165, 1.54) is 44.4 Å². The Morgan fingerprint density at radius 1 is 0.821 bits per heavy atom. The Kier molecular flexibility index (Phi) is 3.39. The summed E-state index contributed by atoms with van der Waals surface area (Å²) in [7, 11) is 0. The summed E-state index contributed by atoms with van der Waals surface area (Å²) >= 11 is 0. The predicted molar refractivity (Wildman–Crippen MR) is 116 cm³/mol. The number of hydrogen-bond donors (Lipinski definition) is 1. The zero-order chi connectivity index (χ0) is 18.5. The lowest BCUT2D eigenvalue weighted by molar-refractivity contribution is 0.781. The van der Waals surface area contributed by atoms with E-state index in [0.717, 1.165) is 18.4 Å². The van der Waals surface area contributed by atoms with E-state index in [2.05, 4.69) is 89.9 Å². The Morgan fingerprint density at radius 2 is 1.61 bits per heavy atom. The number of rotatable bonds is 2. The van der Waals surface area contributed by atoms with Crippen molar-refractivity contribution < 1.29 is 0 Å². The van der Waals surface area contributed by atoms with Crippen molar-refractivity contribution in [1.82, 2.24) is 9.97 Å². The first-order chi connectivity index (χ1) is 13.9. The molecule has 1 aliphatic carbocycles. The molecular weight excluding hydrogens is 340 g/mol. The molecule has 2 heterocycles. The van der Waals surface area contributed by atoms with Gasteiger partial charge in [0.25, 0.3) is 0 Å². The van der Waals surface area contributed by atoms with Crippen LogP contribution in [0, 0.1) is 0 Å². The van der Waals surface area contributed by atoms with Crippen LogP contribution in [0.15, 0.2) is 84.9 Å². The standard InChI is InChI=1S/C26H20N2/c1-2-8-17(9-3-1)26-24(20-11-5-7-13-23(20)28-26)21-15-14-19-16-18-10-4-6-12-22(18)27-25(19)21/h1-13,16,21,28H,14-15H2. The molecule has 0 aliphatic heterocycles. The Labute approximate surface area is 163 Å². The number of aromatic amines is 1. The monoisotopic (exact) mass is 360 g/mol. The summed E-state index contributed by atoms with van der Waals surface area (Å²) in [5.41, 5.74) is 8.80. The minimum atomic E-state index is 0.325. The highest BCUT2D eigenvalue weighted by Gasteiger charge is 2.30. The Morgan fingerprint density at radius 3 is 2.54 bits per heavy atom. The fourth-order valence-corrected chi connectivity index (χ4v) is 4.75. The molecule has 2 nitrogen and oxygen atoms in total. The lowest BCUT2D eigenvalue weighted by Crippen LogP contribution is -2.01. The number of fused-ring (bicyclic) bond motifs is 3. The molecule has 0 saturated heterocycles. The van der Waals surface area contributed by atoms with Crippen LogP contribution in [-0.2, 0) is 6.42 Å². The van der Waals surface area contributed by atoms with Gasteiger partial charge in [0.2, 0.25) is 0 Å². The Bertz CT molecular complexity index is 1310. The van der Waals surface area contributed by atoms with E-state index in [9.17, 15) is 0 Å². The van der Waals surface area contributed by atoms with Crippen molar-refractivity contribution >= 4 is 21.8 Å². The van der Waals surface area contributed by atoms with Gasteiger partial charge in [-0.15, -0.1) is 0 Å². The number of para-hydroxylation sites is 2. The lowest BCUT2D eigenvalue weighted by Gasteiger charge is -2.14. The molecule has 0 fully saturated rings. The quantitative estimate of drug-likeness (QED) is 0.384. The molecule has 1 atom stereocenters. The molecule has 1 unspecified atom stereocenters. The number of pyridine rings is 1. The van der Waals surface area contributed by atoms with Crippen molar-refractivity contribution in [2.45, 2.75) is 18.8 Å². The van der Waals surface area contributed by atoms with Crippen molar-refractivity contribution in [2.24, 2.45) is 0 Å². The molecule has 6 rings (SSSR count). The minimum absolute atomic E-state index is 0.325. The third-order valence-corrected chi connectivity index (χ3v) is 6.03. The topological polar surface area (TPSA) is 28.7 Å². The van der Waals surface area contributed by atoms with Gasteiger partial charge in [-0.3, -0.25) is 4.98 Å². The van der Waals surface area contributed by atoms with Crippen LogP contribution in [0.2, 0.25) is 0 Å². The first-order valence-electron chi connectivity index (χ1n) is 9.93. The van der Waals surface area contributed by atoms with Gasteiger partial charge in [0, 0.05) is 22.2 Å². The predicted octanol–water partition coefficient (Wildman–Crippen LogP) is 6.46. The van der Waals surface area contributed by atoms with E-state index in [-0.39, 0.29) is 0 Å². The molecule has 28 heavy (non-hydrogen) atoms. The van der Waals surface area contributed by atoms with Gasteiger partial charge in [0.15, 0.2) is 0 Å². The number of aromatic nitrogens is 2. The summed E-state index contributed by atoms with van der Waals surface area (Å²) in [6.07, 6.45) is 2.20. The zero-order valence-corrected chi connectivity index (χ0v) is 15.5. The second-order valence-electron chi connectivity index (χ2n) is 7.64. The van der Waals surface area contributed by atoms with Crippen LogP contribution < -0.4 is 0 Å². The maximum absolute atomic E-state index is 5.12. The van der Waals surface area contributed by atoms with E-state index in [4.69, 9.17) is 4.98 Å². The van der Waals surface area contributed by atoms with Gasteiger partial charge in [0.05, 0.1) is 16.9 Å². The van der Waals surface area contributed by atoms with Gasteiger partial charge in [0.1, 0.15) is 0 Å². The zero-order valence-electron chi connectivity index (χ0n) is 15.5. The number of H-pyrrole nitrogens is 1. The van der Waals surface area contributed by atoms with Crippen molar-refractivity contribution in [3.05, 3.63) is 102 Å². The molecule has 2 aromatic heterocycles. The third-order valence-electron chi connectivity index (χ3n) is 6.03. The minimum Gasteiger partial charge on any atom is -0.354 e. The molecule has 0 amide bonds. The van der Waals surface area contributed by atoms with E-state index >= 15 is 0 Å². The summed E-state index contributed by atoms with van der Waals surface area (Å²) in [5.74, 6) is 0.325. The van der Waals surface area contributed by atoms with Crippen LogP contribution in [0.5, 0.6) is 0 Å². The fourth-order valence-electron chi connectivity index (χ4n) is 4.75. The van der Waals surface area contributed by atoms with Crippen molar-refractivity contribution in [3.63, 3.8) is 0 Å². The normalized spacial score (nSPS) is 15.9. The number of aryl methyl sites for hydroxylation is 1. The number of nitrogens with zero attached hydrogens (tertiary/aromatic N) is 1. The molecule has 1 N–H and O–H groups in total. The molecule has 0 bridgehead atoms. The van der Waals surface area contributed by atoms with Gasteiger partial charge >= 0.3 is 0 Å². The van der Waals surface area contributed by atoms with E-state index in [1.807, 2.05) is 0 Å². The molecule has 0 radical (unpaired) electrons. The SMILES string of the molecule is c1ccc(-c2[nH]c3ccccc3c2C2CCc3cc4ccccc4nc32)cc1. The Balaban J connectivity index is 1.62. The second-order valence-corrected chi connectivity index (χ2v) is 7.64. The largest absolute Gasteiger partial charge is 0.354 e. The van der Waals surface area contributed by atoms with E-state index in [1.54, 1.807) is 0 Å². The first kappa shape index (κ1) is 15.6. The second kappa shape index (κ2) is 6.07. The number of benzene rings is 3. The molecule has 0 saturated carbocycles. The molecule has 1 aliphatic rings. The van der Waals surface area contributed by atoms with Gasteiger partial charge < -0.3 is 4.98 Å². The summed E-state index contributed by atoms with van der Waals surface area (Å²) in [5, 5.41) is 2.55. The molecule has 2 heteroatoms. The van der Waals surface area contributed by atoms with Crippen molar-refractivity contribution in [2.75, 3.05) is 0 Å². The fraction of sp³-hybridized carbons (Fsp3) is 0.115. The summed E-state index contributed by atoms with van der Waals surface area (Å²) in [6.45, 7) is 0. The summed E-state index contributed by atoms with van der Waals surface area (Å²) < 4.78 is 0. The number of hydrogen-bond acceptors (Lipinski definition) is 1. The lowest BCUT2D eigenvalue weighted by atomic mass is 9.91.